The van der Waals surface area contributed by atoms with E-state index in [2.05, 4.69) is 16.8 Å². The third-order valence-electron chi connectivity index (χ3n) is 9.06. The van der Waals surface area contributed by atoms with E-state index in [1.54, 1.807) is 11.3 Å². The molecule has 0 N–H and O–H groups in total. The van der Waals surface area contributed by atoms with Crippen LogP contribution in [0.1, 0.15) is 37.1 Å². The predicted octanol–water partition coefficient (Wildman–Crippen LogP) is 5.54. The number of carbonyl (C=O) groups is 2. The van der Waals surface area contributed by atoms with Crippen molar-refractivity contribution in [3.8, 4) is 16.9 Å². The summed E-state index contributed by atoms with van der Waals surface area (Å²) < 4.78 is 7.79. The van der Waals surface area contributed by atoms with E-state index in [-0.39, 0.29) is 35.2 Å². The first-order valence-corrected chi connectivity index (χ1v) is 14.3. The summed E-state index contributed by atoms with van der Waals surface area (Å²) in [5.41, 5.74) is 3.67. The molecule has 2 aromatic heterocycles. The van der Waals surface area contributed by atoms with Gasteiger partial charge in [0.25, 0.3) is 0 Å². The summed E-state index contributed by atoms with van der Waals surface area (Å²) in [6, 6.07) is 7.98. The van der Waals surface area contributed by atoms with Crippen LogP contribution in [0.2, 0.25) is 5.02 Å². The monoisotopic (exact) mass is 535 g/mol. The molecule has 3 aromatic rings. The summed E-state index contributed by atoms with van der Waals surface area (Å²) in [7, 11) is 0. The van der Waals surface area contributed by atoms with Crippen LogP contribution in [0.4, 0.5) is 0 Å². The largest absolute Gasteiger partial charge is 0.488 e. The van der Waals surface area contributed by atoms with E-state index in [1.807, 2.05) is 44.3 Å². The number of benzene rings is 1. The Morgan fingerprint density at radius 2 is 1.84 bits per heavy atom. The van der Waals surface area contributed by atoms with Crippen LogP contribution in [0, 0.1) is 30.1 Å². The van der Waals surface area contributed by atoms with Crippen LogP contribution in [0.5, 0.6) is 5.75 Å². The highest BCUT2D eigenvalue weighted by Crippen LogP contribution is 2.63. The molecule has 1 aromatic carbocycles. The Morgan fingerprint density at radius 1 is 1.11 bits per heavy atom. The maximum Gasteiger partial charge on any atom is 0.234 e. The minimum absolute atomic E-state index is 0.0377. The van der Waals surface area contributed by atoms with Crippen molar-refractivity contribution in [2.24, 2.45) is 23.2 Å². The SMILES string of the molecule is Cc1cc(Cl)cc(-c2ccnc3cc(CN4C(=O)C5C(C4=O)C5(C)C)sc23)c1OC1CN2CCC1CC2. The van der Waals surface area contributed by atoms with E-state index in [1.165, 1.54) is 30.8 Å². The van der Waals surface area contributed by atoms with E-state index >= 15 is 0 Å². The maximum absolute atomic E-state index is 12.9. The van der Waals surface area contributed by atoms with E-state index in [0.717, 1.165) is 44.1 Å². The van der Waals surface area contributed by atoms with Crippen LogP contribution < -0.4 is 4.74 Å². The molecule has 2 amide bonds. The summed E-state index contributed by atoms with van der Waals surface area (Å²) in [6.07, 6.45) is 4.37. The van der Waals surface area contributed by atoms with Gasteiger partial charge < -0.3 is 4.74 Å². The highest BCUT2D eigenvalue weighted by atomic mass is 35.5. The minimum Gasteiger partial charge on any atom is -0.488 e. The van der Waals surface area contributed by atoms with Gasteiger partial charge >= 0.3 is 0 Å². The van der Waals surface area contributed by atoms with Gasteiger partial charge in [0.2, 0.25) is 11.8 Å². The molecule has 5 fully saturated rings. The second-order valence-electron chi connectivity index (χ2n) is 11.7. The van der Waals surface area contributed by atoms with Crippen molar-refractivity contribution in [2.45, 2.75) is 46.3 Å². The number of likely N-dealkylation sites (tertiary alicyclic amines) is 1. The summed E-state index contributed by atoms with van der Waals surface area (Å²) in [6.45, 7) is 9.68. The molecule has 4 saturated heterocycles. The fraction of sp³-hybridized carbons (Fsp3) is 0.483. The normalized spacial score (nSPS) is 29.7. The van der Waals surface area contributed by atoms with Crippen molar-refractivity contribution < 1.29 is 14.3 Å². The van der Waals surface area contributed by atoms with Gasteiger partial charge in [0, 0.05) is 33.8 Å². The summed E-state index contributed by atoms with van der Waals surface area (Å²) in [4.78, 5) is 35.3. The predicted molar refractivity (Wildman–Crippen MR) is 145 cm³/mol. The number of pyridine rings is 1. The Labute approximate surface area is 225 Å². The molecule has 37 heavy (non-hydrogen) atoms. The summed E-state index contributed by atoms with van der Waals surface area (Å²) in [5.74, 6) is 1.07. The van der Waals surface area contributed by atoms with E-state index < -0.39 is 0 Å². The number of hydrogen-bond acceptors (Lipinski definition) is 6. The fourth-order valence-corrected chi connectivity index (χ4v) is 8.28. The van der Waals surface area contributed by atoms with Crippen LogP contribution in [0.3, 0.4) is 0 Å². The number of thiophene rings is 1. The molecule has 5 aliphatic rings. The van der Waals surface area contributed by atoms with Crippen molar-refractivity contribution in [3.05, 3.63) is 45.9 Å². The molecular weight excluding hydrogens is 506 g/mol. The molecule has 1 saturated carbocycles. The molecule has 192 valence electrons. The topological polar surface area (TPSA) is 62.7 Å². The van der Waals surface area contributed by atoms with Gasteiger partial charge in [-0.25, -0.2) is 0 Å². The van der Waals surface area contributed by atoms with Gasteiger partial charge in [0.15, 0.2) is 0 Å². The molecule has 3 unspecified atom stereocenters. The number of rotatable bonds is 5. The van der Waals surface area contributed by atoms with Crippen molar-refractivity contribution in [1.82, 2.24) is 14.8 Å². The van der Waals surface area contributed by atoms with Crippen molar-refractivity contribution in [3.63, 3.8) is 0 Å². The van der Waals surface area contributed by atoms with Crippen molar-refractivity contribution >= 4 is 45.0 Å². The third kappa shape index (κ3) is 3.65. The molecule has 8 heteroatoms. The van der Waals surface area contributed by atoms with E-state index in [4.69, 9.17) is 16.3 Å². The van der Waals surface area contributed by atoms with Gasteiger partial charge in [-0.05, 0) is 74.0 Å². The molecule has 4 aliphatic heterocycles. The number of aryl methyl sites for hydroxylation is 1. The number of halogens is 1. The fourth-order valence-electron chi connectivity index (χ4n) is 6.88. The highest BCUT2D eigenvalue weighted by molar-refractivity contribution is 7.19. The van der Waals surface area contributed by atoms with Crippen molar-refractivity contribution in [2.75, 3.05) is 19.6 Å². The van der Waals surface area contributed by atoms with Crippen LogP contribution in [-0.4, -0.2) is 52.3 Å². The Balaban J connectivity index is 1.23. The van der Waals surface area contributed by atoms with E-state index in [9.17, 15) is 9.59 Å². The molecule has 0 spiro atoms. The lowest BCUT2D eigenvalue weighted by Gasteiger charge is -2.44. The number of imide groups is 1. The second-order valence-corrected chi connectivity index (χ2v) is 13.3. The van der Waals surface area contributed by atoms with Crippen molar-refractivity contribution in [1.29, 1.82) is 0 Å². The number of hydrogen-bond donors (Lipinski definition) is 0. The molecule has 2 bridgehead atoms. The lowest BCUT2D eigenvalue weighted by molar-refractivity contribution is -0.143. The van der Waals surface area contributed by atoms with Crippen LogP contribution in [0.25, 0.3) is 21.3 Å². The van der Waals surface area contributed by atoms with Gasteiger partial charge in [-0.3, -0.25) is 24.4 Å². The smallest absolute Gasteiger partial charge is 0.234 e. The molecule has 0 radical (unpaired) electrons. The van der Waals surface area contributed by atoms with E-state index in [0.29, 0.717) is 17.5 Å². The van der Waals surface area contributed by atoms with Gasteiger partial charge in [-0.1, -0.05) is 25.4 Å². The lowest BCUT2D eigenvalue weighted by Crippen LogP contribution is -2.52. The van der Waals surface area contributed by atoms with Gasteiger partial charge in [-0.15, -0.1) is 11.3 Å². The Kier molecular flexibility index (Phi) is 5.27. The zero-order chi connectivity index (χ0) is 25.6. The molecular formula is C29H30ClN3O3S. The minimum atomic E-state index is -0.199. The first-order chi connectivity index (χ1) is 17.7. The Hall–Kier alpha value is -2.48. The van der Waals surface area contributed by atoms with Gasteiger partial charge in [-0.2, -0.15) is 0 Å². The van der Waals surface area contributed by atoms with Crippen LogP contribution in [0.15, 0.2) is 30.5 Å². The molecule has 3 atom stereocenters. The lowest BCUT2D eigenvalue weighted by atomic mass is 9.85. The summed E-state index contributed by atoms with van der Waals surface area (Å²) in [5, 5.41) is 0.672. The maximum atomic E-state index is 12.9. The zero-order valence-electron chi connectivity index (χ0n) is 21.3. The Morgan fingerprint density at radius 3 is 2.51 bits per heavy atom. The first-order valence-electron chi connectivity index (χ1n) is 13.1. The average Bonchev–Trinajstić information content (AvgIpc) is 3.11. The quantitative estimate of drug-likeness (QED) is 0.401. The number of aromatic nitrogens is 1. The number of piperidine rings is 4. The standard InChI is InChI=1S/C29H30ClN3O3S/c1-15-10-17(30)11-20(25(15)36-22-14-32-8-5-16(22)6-9-32)19-4-7-31-21-12-18(37-26(19)21)13-33-27(34)23-24(28(33)35)29(23,2)3/h4,7,10-12,16,22-24H,5-6,8-9,13-14H2,1-3H3. The molecule has 6 heterocycles. The third-order valence-corrected chi connectivity index (χ3v) is 10.4. The van der Waals surface area contributed by atoms with Crippen LogP contribution >= 0.6 is 22.9 Å². The number of amides is 2. The average molecular weight is 536 g/mol. The molecule has 8 rings (SSSR count). The number of nitrogens with zero attached hydrogens (tertiary/aromatic N) is 3. The first kappa shape index (κ1) is 23.6. The van der Waals surface area contributed by atoms with Crippen LogP contribution in [-0.2, 0) is 16.1 Å². The summed E-state index contributed by atoms with van der Waals surface area (Å²) >= 11 is 8.15. The molecule has 1 aliphatic carbocycles. The number of ether oxygens (including phenoxy) is 1. The van der Waals surface area contributed by atoms with Gasteiger partial charge in [0.1, 0.15) is 11.9 Å². The number of fused-ring (bicyclic) bond motifs is 5. The molecule has 6 nitrogen and oxygen atoms in total. The highest BCUT2D eigenvalue weighted by Gasteiger charge is 2.72. The second kappa shape index (κ2) is 8.26. The van der Waals surface area contributed by atoms with Gasteiger partial charge in [0.05, 0.1) is 28.6 Å². The Bertz CT molecular complexity index is 1430. The number of carbonyl (C=O) groups excluding carboxylic acids is 2. The zero-order valence-corrected chi connectivity index (χ0v) is 22.9.